The summed E-state index contributed by atoms with van der Waals surface area (Å²) in [6, 6.07) is 7.45. The van der Waals surface area contributed by atoms with Crippen LogP contribution in [0, 0.1) is 5.92 Å². The van der Waals surface area contributed by atoms with Crippen molar-refractivity contribution in [1.29, 1.82) is 0 Å². The Balaban J connectivity index is 1.55. The van der Waals surface area contributed by atoms with Crippen LogP contribution in [0.4, 0.5) is 6.01 Å². The van der Waals surface area contributed by atoms with Gasteiger partial charge in [-0.25, -0.2) is 0 Å². The van der Waals surface area contributed by atoms with E-state index in [-0.39, 0.29) is 29.4 Å². The maximum atomic E-state index is 12.0. The molecule has 0 unspecified atom stereocenters. The van der Waals surface area contributed by atoms with Gasteiger partial charge in [0.2, 0.25) is 5.91 Å². The molecule has 1 heterocycles. The van der Waals surface area contributed by atoms with Gasteiger partial charge in [0.25, 0.3) is 5.91 Å². The second-order valence-corrected chi connectivity index (χ2v) is 5.34. The largest absolute Gasteiger partial charge is 0.497 e. The summed E-state index contributed by atoms with van der Waals surface area (Å²) in [7, 11) is 1.59. The minimum atomic E-state index is -0.372. The molecule has 2 amide bonds. The Morgan fingerprint density at radius 2 is 2.22 bits per heavy atom. The van der Waals surface area contributed by atoms with Crippen molar-refractivity contribution in [3.63, 3.8) is 0 Å². The summed E-state index contributed by atoms with van der Waals surface area (Å²) in [5, 5.41) is 5.29. The van der Waals surface area contributed by atoms with Gasteiger partial charge in [0.1, 0.15) is 12.0 Å². The zero-order valence-corrected chi connectivity index (χ0v) is 12.7. The monoisotopic (exact) mass is 315 g/mol. The third-order valence-electron chi connectivity index (χ3n) is 3.50. The van der Waals surface area contributed by atoms with Crippen molar-refractivity contribution in [3.05, 3.63) is 41.8 Å². The number of benzene rings is 1. The van der Waals surface area contributed by atoms with E-state index in [0.29, 0.717) is 6.54 Å². The van der Waals surface area contributed by atoms with Gasteiger partial charge in [-0.3, -0.25) is 14.9 Å². The third kappa shape index (κ3) is 3.88. The molecule has 0 bridgehead atoms. The molecule has 1 saturated carbocycles. The third-order valence-corrected chi connectivity index (χ3v) is 3.50. The predicted molar refractivity (Wildman–Crippen MR) is 82.0 cm³/mol. The topological polar surface area (TPSA) is 93.5 Å². The van der Waals surface area contributed by atoms with Crippen molar-refractivity contribution < 1.29 is 18.7 Å². The van der Waals surface area contributed by atoms with Gasteiger partial charge >= 0.3 is 6.01 Å². The molecule has 1 aliphatic rings. The average molecular weight is 315 g/mol. The highest BCUT2D eigenvalue weighted by molar-refractivity contribution is 5.94. The van der Waals surface area contributed by atoms with Gasteiger partial charge in [-0.2, -0.15) is 4.98 Å². The normalized spacial score (nSPS) is 13.4. The van der Waals surface area contributed by atoms with E-state index < -0.39 is 0 Å². The molecule has 0 spiro atoms. The first-order valence-electron chi connectivity index (χ1n) is 7.33. The Morgan fingerprint density at radius 1 is 1.39 bits per heavy atom. The highest BCUT2D eigenvalue weighted by Gasteiger charge is 2.30. The SMILES string of the molecule is COc1cccc(CNC(=O)c2coc(NC(=O)C3CC3)n2)c1. The van der Waals surface area contributed by atoms with Gasteiger partial charge < -0.3 is 14.5 Å². The van der Waals surface area contributed by atoms with Crippen LogP contribution in [0.2, 0.25) is 0 Å². The first-order chi connectivity index (χ1) is 11.2. The molecule has 1 aromatic carbocycles. The lowest BCUT2D eigenvalue weighted by Gasteiger charge is -2.05. The first kappa shape index (κ1) is 15.1. The Kier molecular flexibility index (Phi) is 4.27. The van der Waals surface area contributed by atoms with Crippen LogP contribution in [0.1, 0.15) is 28.9 Å². The molecule has 1 aliphatic carbocycles. The van der Waals surface area contributed by atoms with Gasteiger partial charge in [0.15, 0.2) is 5.69 Å². The predicted octanol–water partition coefficient (Wildman–Crippen LogP) is 1.96. The fourth-order valence-corrected chi connectivity index (χ4v) is 2.04. The van der Waals surface area contributed by atoms with E-state index in [9.17, 15) is 9.59 Å². The van der Waals surface area contributed by atoms with Crippen molar-refractivity contribution in [3.8, 4) is 5.75 Å². The van der Waals surface area contributed by atoms with Crippen molar-refractivity contribution >= 4 is 17.8 Å². The molecular weight excluding hydrogens is 298 g/mol. The number of hydrogen-bond donors (Lipinski definition) is 2. The van der Waals surface area contributed by atoms with E-state index in [4.69, 9.17) is 9.15 Å². The number of aromatic nitrogens is 1. The molecular formula is C16H17N3O4. The summed E-state index contributed by atoms with van der Waals surface area (Å²) in [6.07, 6.45) is 3.00. The molecule has 0 radical (unpaired) electrons. The summed E-state index contributed by atoms with van der Waals surface area (Å²) >= 11 is 0. The summed E-state index contributed by atoms with van der Waals surface area (Å²) < 4.78 is 10.2. The average Bonchev–Trinajstić information content (AvgIpc) is 3.33. The summed E-state index contributed by atoms with van der Waals surface area (Å²) in [5.74, 6) is 0.286. The second-order valence-electron chi connectivity index (χ2n) is 5.34. The lowest BCUT2D eigenvalue weighted by atomic mass is 10.2. The lowest BCUT2D eigenvalue weighted by molar-refractivity contribution is -0.117. The van der Waals surface area contributed by atoms with Crippen LogP contribution in [-0.2, 0) is 11.3 Å². The number of rotatable bonds is 6. The maximum absolute atomic E-state index is 12.0. The molecule has 23 heavy (non-hydrogen) atoms. The van der Waals surface area contributed by atoms with Gasteiger partial charge in [0.05, 0.1) is 7.11 Å². The summed E-state index contributed by atoms with van der Waals surface area (Å²) in [6.45, 7) is 0.340. The van der Waals surface area contributed by atoms with E-state index >= 15 is 0 Å². The number of carbonyl (C=O) groups excluding carboxylic acids is 2. The number of carbonyl (C=O) groups is 2. The van der Waals surface area contributed by atoms with Crippen LogP contribution in [0.5, 0.6) is 5.75 Å². The van der Waals surface area contributed by atoms with Gasteiger partial charge in [-0.15, -0.1) is 0 Å². The fourth-order valence-electron chi connectivity index (χ4n) is 2.04. The standard InChI is InChI=1S/C16H17N3O4/c1-22-12-4-2-3-10(7-12)8-17-15(21)13-9-23-16(18-13)19-14(20)11-5-6-11/h2-4,7,9,11H,5-6,8H2,1H3,(H,17,21)(H,18,19,20). The van der Waals surface area contributed by atoms with Gasteiger partial charge in [0, 0.05) is 12.5 Å². The van der Waals surface area contributed by atoms with Crippen LogP contribution >= 0.6 is 0 Å². The van der Waals surface area contributed by atoms with Crippen LogP contribution in [0.25, 0.3) is 0 Å². The highest BCUT2D eigenvalue weighted by atomic mass is 16.5. The molecule has 2 N–H and O–H groups in total. The van der Waals surface area contributed by atoms with Crippen LogP contribution in [-0.4, -0.2) is 23.9 Å². The van der Waals surface area contributed by atoms with Crippen molar-refractivity contribution in [2.75, 3.05) is 12.4 Å². The Morgan fingerprint density at radius 3 is 2.96 bits per heavy atom. The first-order valence-corrected chi connectivity index (χ1v) is 7.33. The number of nitrogens with zero attached hydrogens (tertiary/aromatic N) is 1. The number of hydrogen-bond acceptors (Lipinski definition) is 5. The fraction of sp³-hybridized carbons (Fsp3) is 0.312. The Bertz CT molecular complexity index is 722. The number of ether oxygens (including phenoxy) is 1. The van der Waals surface area contributed by atoms with Crippen LogP contribution < -0.4 is 15.4 Å². The summed E-state index contributed by atoms with van der Waals surface area (Å²) in [4.78, 5) is 27.6. The Hall–Kier alpha value is -2.83. The van der Waals surface area contributed by atoms with E-state index in [2.05, 4.69) is 15.6 Å². The number of nitrogens with one attached hydrogen (secondary N) is 2. The zero-order chi connectivity index (χ0) is 16.2. The van der Waals surface area contributed by atoms with E-state index in [1.165, 1.54) is 6.26 Å². The van der Waals surface area contributed by atoms with E-state index in [1.807, 2.05) is 24.3 Å². The Labute approximate surface area is 133 Å². The smallest absolute Gasteiger partial charge is 0.302 e. The molecule has 7 heteroatoms. The minimum absolute atomic E-state index is 0.0484. The molecule has 0 atom stereocenters. The van der Waals surface area contributed by atoms with E-state index in [1.54, 1.807) is 7.11 Å². The quantitative estimate of drug-likeness (QED) is 0.850. The number of oxazole rings is 1. The molecule has 120 valence electrons. The van der Waals surface area contributed by atoms with Gasteiger partial charge in [-0.1, -0.05) is 12.1 Å². The maximum Gasteiger partial charge on any atom is 0.302 e. The molecule has 0 saturated heterocycles. The number of anilines is 1. The number of methoxy groups -OCH3 is 1. The lowest BCUT2D eigenvalue weighted by Crippen LogP contribution is -2.23. The number of amides is 2. The highest BCUT2D eigenvalue weighted by Crippen LogP contribution is 2.30. The zero-order valence-electron chi connectivity index (χ0n) is 12.7. The van der Waals surface area contributed by atoms with Crippen molar-refractivity contribution in [1.82, 2.24) is 10.3 Å². The molecule has 1 fully saturated rings. The molecule has 0 aliphatic heterocycles. The second kappa shape index (κ2) is 6.51. The molecule has 3 rings (SSSR count). The van der Waals surface area contributed by atoms with Crippen LogP contribution in [0.15, 0.2) is 34.9 Å². The summed E-state index contributed by atoms with van der Waals surface area (Å²) in [5.41, 5.74) is 1.03. The van der Waals surface area contributed by atoms with Gasteiger partial charge in [-0.05, 0) is 30.5 Å². The molecule has 1 aromatic heterocycles. The van der Waals surface area contributed by atoms with Crippen LogP contribution in [0.3, 0.4) is 0 Å². The molecule has 7 nitrogen and oxygen atoms in total. The van der Waals surface area contributed by atoms with Crippen molar-refractivity contribution in [2.45, 2.75) is 19.4 Å². The van der Waals surface area contributed by atoms with E-state index in [0.717, 1.165) is 24.2 Å². The minimum Gasteiger partial charge on any atom is -0.497 e. The van der Waals surface area contributed by atoms with Crippen molar-refractivity contribution in [2.24, 2.45) is 5.92 Å². The molecule has 2 aromatic rings.